The first-order chi connectivity index (χ1) is 10.6. The fraction of sp³-hybridized carbons (Fsp3) is 0.500. The number of ether oxygens (including phenoxy) is 1. The molecule has 0 radical (unpaired) electrons. The second-order valence-corrected chi connectivity index (χ2v) is 5.79. The van der Waals surface area contributed by atoms with E-state index in [9.17, 15) is 0 Å². The van der Waals surface area contributed by atoms with Crippen LogP contribution in [0.25, 0.3) is 0 Å². The van der Waals surface area contributed by atoms with E-state index in [0.717, 1.165) is 50.7 Å². The Bertz CT molecular complexity index is 509. The van der Waals surface area contributed by atoms with Gasteiger partial charge >= 0.3 is 0 Å². The van der Waals surface area contributed by atoms with Crippen molar-refractivity contribution in [2.24, 2.45) is 5.10 Å². The van der Waals surface area contributed by atoms with Crippen molar-refractivity contribution >= 4 is 23.0 Å². The molecule has 22 heavy (non-hydrogen) atoms. The van der Waals surface area contributed by atoms with Gasteiger partial charge in [0.1, 0.15) is 0 Å². The lowest BCUT2D eigenvalue weighted by molar-refractivity contribution is 0.0389. The van der Waals surface area contributed by atoms with Gasteiger partial charge in [0, 0.05) is 26.2 Å². The Morgan fingerprint density at radius 1 is 1.27 bits per heavy atom. The van der Waals surface area contributed by atoms with Gasteiger partial charge in [-0.15, -0.1) is 0 Å². The Kier molecular flexibility index (Phi) is 6.76. The smallest absolute Gasteiger partial charge is 0.187 e. The van der Waals surface area contributed by atoms with Crippen LogP contribution in [0.5, 0.6) is 0 Å². The molecule has 0 amide bonds. The van der Waals surface area contributed by atoms with E-state index in [1.165, 1.54) is 5.56 Å². The molecule has 1 fully saturated rings. The highest BCUT2D eigenvalue weighted by Crippen LogP contribution is 2.04. The second kappa shape index (κ2) is 8.82. The predicted molar refractivity (Wildman–Crippen MR) is 94.4 cm³/mol. The molecule has 0 unspecified atom stereocenters. The SMILES string of the molecule is C/C(=N\NC(=S)NCCN1CCOCC1)c1ccc(C)cc1. The lowest BCUT2D eigenvalue weighted by atomic mass is 10.1. The normalized spacial score (nSPS) is 16.4. The third-order valence-electron chi connectivity index (χ3n) is 3.61. The van der Waals surface area contributed by atoms with Crippen molar-refractivity contribution in [3.05, 3.63) is 35.4 Å². The molecule has 1 saturated heterocycles. The number of benzene rings is 1. The first-order valence-corrected chi connectivity index (χ1v) is 8.01. The summed E-state index contributed by atoms with van der Waals surface area (Å²) in [6.07, 6.45) is 0. The molecule has 1 heterocycles. The van der Waals surface area contributed by atoms with Gasteiger partial charge in [-0.05, 0) is 31.6 Å². The minimum absolute atomic E-state index is 0.555. The molecule has 5 nitrogen and oxygen atoms in total. The fourth-order valence-corrected chi connectivity index (χ4v) is 2.33. The average molecular weight is 320 g/mol. The molecule has 0 aliphatic carbocycles. The molecule has 2 N–H and O–H groups in total. The molecular weight excluding hydrogens is 296 g/mol. The van der Waals surface area contributed by atoms with E-state index in [0.29, 0.717) is 5.11 Å². The van der Waals surface area contributed by atoms with Gasteiger partial charge < -0.3 is 10.1 Å². The zero-order valence-electron chi connectivity index (χ0n) is 13.3. The molecule has 2 rings (SSSR count). The number of hydrazone groups is 1. The van der Waals surface area contributed by atoms with Crippen molar-refractivity contribution in [1.29, 1.82) is 0 Å². The van der Waals surface area contributed by atoms with Crippen LogP contribution >= 0.6 is 12.2 Å². The maximum absolute atomic E-state index is 5.32. The fourth-order valence-electron chi connectivity index (χ4n) is 2.19. The number of nitrogens with zero attached hydrogens (tertiary/aromatic N) is 2. The van der Waals surface area contributed by atoms with Crippen molar-refractivity contribution in [2.45, 2.75) is 13.8 Å². The van der Waals surface area contributed by atoms with E-state index in [1.54, 1.807) is 0 Å². The van der Waals surface area contributed by atoms with Gasteiger partial charge in [-0.3, -0.25) is 10.3 Å². The van der Waals surface area contributed by atoms with Gasteiger partial charge in [-0.2, -0.15) is 5.10 Å². The van der Waals surface area contributed by atoms with Gasteiger partial charge in [0.05, 0.1) is 18.9 Å². The molecule has 0 bridgehead atoms. The number of hydrogen-bond donors (Lipinski definition) is 2. The Morgan fingerprint density at radius 2 is 1.95 bits per heavy atom. The van der Waals surface area contributed by atoms with Crippen molar-refractivity contribution in [3.8, 4) is 0 Å². The van der Waals surface area contributed by atoms with E-state index in [1.807, 2.05) is 6.92 Å². The van der Waals surface area contributed by atoms with Crippen LogP contribution in [0.2, 0.25) is 0 Å². The Labute approximate surface area is 137 Å². The number of thiocarbonyl (C=S) groups is 1. The molecule has 1 aliphatic rings. The quantitative estimate of drug-likeness (QED) is 0.489. The highest BCUT2D eigenvalue weighted by Gasteiger charge is 2.09. The molecule has 0 spiro atoms. The van der Waals surface area contributed by atoms with Crippen LogP contribution in [0.15, 0.2) is 29.4 Å². The van der Waals surface area contributed by atoms with Gasteiger partial charge in [0.15, 0.2) is 5.11 Å². The van der Waals surface area contributed by atoms with Gasteiger partial charge in [-0.25, -0.2) is 0 Å². The van der Waals surface area contributed by atoms with Crippen LogP contribution in [0.1, 0.15) is 18.1 Å². The summed E-state index contributed by atoms with van der Waals surface area (Å²) in [6.45, 7) is 9.44. The van der Waals surface area contributed by atoms with Crippen LogP contribution in [-0.2, 0) is 4.74 Å². The molecule has 6 heteroatoms. The largest absolute Gasteiger partial charge is 0.379 e. The zero-order chi connectivity index (χ0) is 15.8. The molecule has 0 saturated carbocycles. The summed E-state index contributed by atoms with van der Waals surface area (Å²) < 4.78 is 5.32. The van der Waals surface area contributed by atoms with Crippen molar-refractivity contribution < 1.29 is 4.74 Å². The number of hydrogen-bond acceptors (Lipinski definition) is 4. The van der Waals surface area contributed by atoms with E-state index in [-0.39, 0.29) is 0 Å². The standard InChI is InChI=1S/C16H24N4OS/c1-13-3-5-15(6-4-13)14(2)18-19-16(22)17-7-8-20-9-11-21-12-10-20/h3-6H,7-12H2,1-2H3,(H2,17,19,22)/b18-14+. The Morgan fingerprint density at radius 3 is 2.64 bits per heavy atom. The van der Waals surface area contributed by atoms with E-state index in [2.05, 4.69) is 51.9 Å². The summed E-state index contributed by atoms with van der Waals surface area (Å²) in [7, 11) is 0. The van der Waals surface area contributed by atoms with Crippen LogP contribution in [0.4, 0.5) is 0 Å². The topological polar surface area (TPSA) is 48.9 Å². The van der Waals surface area contributed by atoms with E-state index < -0.39 is 0 Å². The van der Waals surface area contributed by atoms with Crippen molar-refractivity contribution in [1.82, 2.24) is 15.6 Å². The number of rotatable bonds is 5. The minimum atomic E-state index is 0.555. The molecule has 1 aromatic carbocycles. The van der Waals surface area contributed by atoms with Crippen LogP contribution in [-0.4, -0.2) is 55.1 Å². The number of morpholine rings is 1. The second-order valence-electron chi connectivity index (χ2n) is 5.38. The average Bonchev–Trinajstić information content (AvgIpc) is 2.54. The van der Waals surface area contributed by atoms with Crippen LogP contribution < -0.4 is 10.7 Å². The first kappa shape index (κ1) is 16.9. The summed E-state index contributed by atoms with van der Waals surface area (Å²) in [5, 5.41) is 8.05. The summed E-state index contributed by atoms with van der Waals surface area (Å²) in [5.41, 5.74) is 6.14. The molecule has 0 aromatic heterocycles. The van der Waals surface area contributed by atoms with Crippen molar-refractivity contribution in [3.63, 3.8) is 0 Å². The van der Waals surface area contributed by atoms with Crippen LogP contribution in [0, 0.1) is 6.92 Å². The lowest BCUT2D eigenvalue weighted by Crippen LogP contribution is -2.42. The summed E-state index contributed by atoms with van der Waals surface area (Å²) >= 11 is 5.24. The molecular formula is C16H24N4OS. The number of nitrogens with one attached hydrogen (secondary N) is 2. The summed E-state index contributed by atoms with van der Waals surface area (Å²) in [5.74, 6) is 0. The van der Waals surface area contributed by atoms with E-state index >= 15 is 0 Å². The van der Waals surface area contributed by atoms with Gasteiger partial charge in [0.2, 0.25) is 0 Å². The number of aryl methyl sites for hydroxylation is 1. The summed E-state index contributed by atoms with van der Waals surface area (Å²) in [4.78, 5) is 2.36. The Balaban J connectivity index is 1.69. The van der Waals surface area contributed by atoms with Gasteiger partial charge in [0.25, 0.3) is 0 Å². The van der Waals surface area contributed by atoms with Crippen molar-refractivity contribution in [2.75, 3.05) is 39.4 Å². The third kappa shape index (κ3) is 5.71. The molecule has 120 valence electrons. The predicted octanol–water partition coefficient (Wildman–Crippen LogP) is 1.52. The minimum Gasteiger partial charge on any atom is -0.379 e. The molecule has 1 aliphatic heterocycles. The first-order valence-electron chi connectivity index (χ1n) is 7.60. The highest BCUT2D eigenvalue weighted by atomic mass is 32.1. The molecule has 1 aromatic rings. The Hall–Kier alpha value is -1.50. The molecule has 0 atom stereocenters. The maximum atomic E-state index is 5.32. The van der Waals surface area contributed by atoms with E-state index in [4.69, 9.17) is 17.0 Å². The third-order valence-corrected chi connectivity index (χ3v) is 3.85. The van der Waals surface area contributed by atoms with Gasteiger partial charge in [-0.1, -0.05) is 29.8 Å². The zero-order valence-corrected chi connectivity index (χ0v) is 14.1. The maximum Gasteiger partial charge on any atom is 0.187 e. The highest BCUT2D eigenvalue weighted by molar-refractivity contribution is 7.80. The lowest BCUT2D eigenvalue weighted by Gasteiger charge is -2.26. The monoisotopic (exact) mass is 320 g/mol. The van der Waals surface area contributed by atoms with Crippen LogP contribution in [0.3, 0.4) is 0 Å². The summed E-state index contributed by atoms with van der Waals surface area (Å²) in [6, 6.07) is 8.27.